The predicted octanol–water partition coefficient (Wildman–Crippen LogP) is 4.05. The Balaban J connectivity index is 1.65. The number of carbonyl (C=O) groups is 1. The van der Waals surface area contributed by atoms with Gasteiger partial charge in [0.05, 0.1) is 12.4 Å². The summed E-state index contributed by atoms with van der Waals surface area (Å²) >= 11 is 1.57. The fourth-order valence-corrected chi connectivity index (χ4v) is 2.56. The topological polar surface area (TPSA) is 38.3 Å². The van der Waals surface area contributed by atoms with E-state index in [1.807, 2.05) is 43.3 Å². The van der Waals surface area contributed by atoms with Crippen LogP contribution in [0.1, 0.15) is 11.1 Å². The van der Waals surface area contributed by atoms with Gasteiger partial charge in [-0.3, -0.25) is 4.79 Å². The number of benzene rings is 2. The first-order chi connectivity index (χ1) is 10.6. The lowest BCUT2D eigenvalue weighted by atomic mass is 10.1. The molecule has 1 N–H and O–H groups in total. The third-order valence-corrected chi connectivity index (χ3v) is 4.04. The second-order valence-electron chi connectivity index (χ2n) is 5.08. The van der Waals surface area contributed by atoms with Crippen molar-refractivity contribution in [1.82, 2.24) is 0 Å². The number of anilines is 1. The number of hydrogen-bond donors (Lipinski definition) is 1. The quantitative estimate of drug-likeness (QED) is 0.783. The Kier molecular flexibility index (Phi) is 6.34. The zero-order valence-corrected chi connectivity index (χ0v) is 13.8. The lowest BCUT2D eigenvalue weighted by Crippen LogP contribution is -2.15. The zero-order valence-electron chi connectivity index (χ0n) is 13.0. The standard InChI is InChI=1S/C18H21NO2S/c1-14-8-9-15(2)17(12-14)21-10-11-22-13-18(20)19-16-6-4-3-5-7-16/h3-9,12H,10-11,13H2,1-2H3,(H,19,20). The number of hydrogen-bond acceptors (Lipinski definition) is 3. The Hall–Kier alpha value is -1.94. The molecule has 2 aromatic carbocycles. The highest BCUT2D eigenvalue weighted by atomic mass is 32.2. The molecule has 0 aliphatic heterocycles. The van der Waals surface area contributed by atoms with Crippen molar-refractivity contribution in [2.45, 2.75) is 13.8 Å². The highest BCUT2D eigenvalue weighted by Gasteiger charge is 2.03. The first-order valence-electron chi connectivity index (χ1n) is 7.28. The van der Waals surface area contributed by atoms with E-state index in [2.05, 4.69) is 24.4 Å². The Morgan fingerprint density at radius 1 is 1.14 bits per heavy atom. The van der Waals surface area contributed by atoms with Gasteiger partial charge in [-0.2, -0.15) is 0 Å². The summed E-state index contributed by atoms with van der Waals surface area (Å²) in [5, 5.41) is 2.87. The van der Waals surface area contributed by atoms with Gasteiger partial charge in [0.15, 0.2) is 0 Å². The first kappa shape index (κ1) is 16.4. The smallest absolute Gasteiger partial charge is 0.234 e. The van der Waals surface area contributed by atoms with E-state index in [1.54, 1.807) is 11.8 Å². The average Bonchev–Trinajstić information content (AvgIpc) is 2.51. The zero-order chi connectivity index (χ0) is 15.8. The van der Waals surface area contributed by atoms with E-state index in [1.165, 1.54) is 5.56 Å². The largest absolute Gasteiger partial charge is 0.492 e. The molecule has 0 saturated heterocycles. The molecule has 22 heavy (non-hydrogen) atoms. The van der Waals surface area contributed by atoms with E-state index < -0.39 is 0 Å². The summed E-state index contributed by atoms with van der Waals surface area (Å²) in [6.45, 7) is 4.69. The number of thioether (sulfide) groups is 1. The lowest BCUT2D eigenvalue weighted by molar-refractivity contribution is -0.113. The maximum Gasteiger partial charge on any atom is 0.234 e. The van der Waals surface area contributed by atoms with Gasteiger partial charge in [0.2, 0.25) is 5.91 Å². The Labute approximate surface area is 136 Å². The van der Waals surface area contributed by atoms with Crippen LogP contribution in [-0.2, 0) is 4.79 Å². The fraction of sp³-hybridized carbons (Fsp3) is 0.278. The Bertz CT molecular complexity index is 614. The van der Waals surface area contributed by atoms with Crippen molar-refractivity contribution < 1.29 is 9.53 Å². The van der Waals surface area contributed by atoms with E-state index >= 15 is 0 Å². The molecule has 0 bridgehead atoms. The van der Waals surface area contributed by atoms with Crippen LogP contribution in [0, 0.1) is 13.8 Å². The van der Waals surface area contributed by atoms with E-state index in [-0.39, 0.29) is 5.91 Å². The van der Waals surface area contributed by atoms with Crippen LogP contribution >= 0.6 is 11.8 Å². The van der Waals surface area contributed by atoms with Gasteiger partial charge in [-0.15, -0.1) is 11.8 Å². The molecule has 0 heterocycles. The highest BCUT2D eigenvalue weighted by molar-refractivity contribution is 7.99. The second-order valence-corrected chi connectivity index (χ2v) is 6.19. The van der Waals surface area contributed by atoms with Gasteiger partial charge in [0.1, 0.15) is 5.75 Å². The molecule has 2 aromatic rings. The maximum absolute atomic E-state index is 11.8. The van der Waals surface area contributed by atoms with E-state index in [0.29, 0.717) is 12.4 Å². The first-order valence-corrected chi connectivity index (χ1v) is 8.43. The lowest BCUT2D eigenvalue weighted by Gasteiger charge is -2.10. The molecule has 116 valence electrons. The average molecular weight is 315 g/mol. The molecule has 3 nitrogen and oxygen atoms in total. The van der Waals surface area contributed by atoms with Crippen molar-refractivity contribution in [2.75, 3.05) is 23.4 Å². The minimum absolute atomic E-state index is 0.0166. The van der Waals surface area contributed by atoms with Gasteiger partial charge in [0, 0.05) is 11.4 Å². The van der Waals surface area contributed by atoms with Crippen LogP contribution < -0.4 is 10.1 Å². The molecular weight excluding hydrogens is 294 g/mol. The molecule has 0 aliphatic carbocycles. The maximum atomic E-state index is 11.8. The van der Waals surface area contributed by atoms with E-state index in [9.17, 15) is 4.79 Å². The van der Waals surface area contributed by atoms with Crippen LogP contribution in [0.15, 0.2) is 48.5 Å². The monoisotopic (exact) mass is 315 g/mol. The molecular formula is C18H21NO2S. The molecule has 0 unspecified atom stereocenters. The summed E-state index contributed by atoms with van der Waals surface area (Å²) in [7, 11) is 0. The summed E-state index contributed by atoms with van der Waals surface area (Å²) in [5.41, 5.74) is 3.16. The molecule has 1 amide bonds. The molecule has 0 fully saturated rings. The Morgan fingerprint density at radius 2 is 1.91 bits per heavy atom. The third kappa shape index (κ3) is 5.45. The fourth-order valence-electron chi connectivity index (χ4n) is 1.96. The number of aryl methyl sites for hydroxylation is 2. The molecule has 2 rings (SSSR count). The van der Waals surface area contributed by atoms with Crippen molar-refractivity contribution in [1.29, 1.82) is 0 Å². The summed E-state index contributed by atoms with van der Waals surface area (Å²) in [6, 6.07) is 15.7. The van der Waals surface area contributed by atoms with Gasteiger partial charge in [0.25, 0.3) is 0 Å². The summed E-state index contributed by atoms with van der Waals surface area (Å²) in [4.78, 5) is 11.8. The number of carbonyl (C=O) groups excluding carboxylic acids is 1. The van der Waals surface area contributed by atoms with Crippen molar-refractivity contribution in [2.24, 2.45) is 0 Å². The van der Waals surface area contributed by atoms with Crippen LogP contribution in [0.5, 0.6) is 5.75 Å². The molecule has 0 spiro atoms. The number of amides is 1. The van der Waals surface area contributed by atoms with Crippen LogP contribution in [0.4, 0.5) is 5.69 Å². The summed E-state index contributed by atoms with van der Waals surface area (Å²) < 4.78 is 5.77. The van der Waals surface area contributed by atoms with Crippen LogP contribution in [0.2, 0.25) is 0 Å². The van der Waals surface area contributed by atoms with Crippen molar-refractivity contribution in [3.8, 4) is 5.75 Å². The van der Waals surface area contributed by atoms with Crippen molar-refractivity contribution in [3.63, 3.8) is 0 Å². The number of nitrogens with one attached hydrogen (secondary N) is 1. The van der Waals surface area contributed by atoms with Gasteiger partial charge < -0.3 is 10.1 Å². The Morgan fingerprint density at radius 3 is 2.68 bits per heavy atom. The van der Waals surface area contributed by atoms with E-state index in [0.717, 1.165) is 22.8 Å². The minimum Gasteiger partial charge on any atom is -0.492 e. The number of rotatable bonds is 7. The van der Waals surface area contributed by atoms with Crippen LogP contribution in [0.25, 0.3) is 0 Å². The number of para-hydroxylation sites is 1. The van der Waals surface area contributed by atoms with Gasteiger partial charge in [-0.25, -0.2) is 0 Å². The second kappa shape index (κ2) is 8.49. The normalized spacial score (nSPS) is 10.3. The predicted molar refractivity (Wildman–Crippen MR) is 93.8 cm³/mol. The number of ether oxygens (including phenoxy) is 1. The highest BCUT2D eigenvalue weighted by Crippen LogP contribution is 2.19. The molecule has 0 aliphatic rings. The van der Waals surface area contributed by atoms with Gasteiger partial charge in [-0.05, 0) is 43.2 Å². The molecule has 4 heteroatoms. The molecule has 0 saturated carbocycles. The SMILES string of the molecule is Cc1ccc(C)c(OCCSCC(=O)Nc2ccccc2)c1. The third-order valence-electron chi connectivity index (χ3n) is 3.12. The summed E-state index contributed by atoms with van der Waals surface area (Å²) in [5.74, 6) is 2.16. The molecule has 0 aromatic heterocycles. The van der Waals surface area contributed by atoms with Gasteiger partial charge in [-0.1, -0.05) is 30.3 Å². The van der Waals surface area contributed by atoms with E-state index in [4.69, 9.17) is 4.74 Å². The molecule has 0 atom stereocenters. The van der Waals surface area contributed by atoms with Gasteiger partial charge >= 0.3 is 0 Å². The van der Waals surface area contributed by atoms with Crippen LogP contribution in [-0.4, -0.2) is 24.0 Å². The van der Waals surface area contributed by atoms with Crippen LogP contribution in [0.3, 0.4) is 0 Å². The van der Waals surface area contributed by atoms with Crippen molar-refractivity contribution >= 4 is 23.4 Å². The van der Waals surface area contributed by atoms with Crippen molar-refractivity contribution in [3.05, 3.63) is 59.7 Å². The molecule has 0 radical (unpaired) electrons. The summed E-state index contributed by atoms with van der Waals surface area (Å²) in [6.07, 6.45) is 0. The minimum atomic E-state index is 0.0166.